The molecule has 1 aliphatic rings. The summed E-state index contributed by atoms with van der Waals surface area (Å²) in [6, 6.07) is 45.2. The van der Waals surface area contributed by atoms with Crippen molar-refractivity contribution < 1.29 is 26.7 Å². The largest absolute Gasteiger partial charge is 0.460 e. The smallest absolute Gasteiger partial charge is 0.421 e. The predicted molar refractivity (Wildman–Crippen MR) is 170 cm³/mol. The molecule has 1 aliphatic heterocycles. The number of halogens is 1. The third-order valence-corrected chi connectivity index (χ3v) is 14.0. The molecule has 0 aromatic heterocycles. The number of rotatable bonds is 11. The summed E-state index contributed by atoms with van der Waals surface area (Å²) < 4.78 is 52.8. The van der Waals surface area contributed by atoms with Crippen molar-refractivity contribution in [2.75, 3.05) is 0 Å². The van der Waals surface area contributed by atoms with E-state index in [0.29, 0.717) is 28.7 Å². The van der Waals surface area contributed by atoms with Gasteiger partial charge in [-0.1, -0.05) is 95.5 Å². The first-order valence-electron chi connectivity index (χ1n) is 13.0. The van der Waals surface area contributed by atoms with Crippen molar-refractivity contribution in [2.45, 2.75) is 0 Å². The van der Waals surface area contributed by atoms with Gasteiger partial charge in [-0.3, -0.25) is 0 Å². The highest BCUT2D eigenvalue weighted by molar-refractivity contribution is 7.79. The lowest BCUT2D eigenvalue weighted by atomic mass is 10.3. The molecule has 0 bridgehead atoms. The van der Waals surface area contributed by atoms with Crippen LogP contribution in [0.3, 0.4) is 0 Å². The van der Waals surface area contributed by atoms with Crippen molar-refractivity contribution >= 4 is 34.8 Å². The van der Waals surface area contributed by atoms with E-state index in [1.165, 1.54) is 0 Å². The Labute approximate surface area is 254 Å². The van der Waals surface area contributed by atoms with Crippen molar-refractivity contribution in [3.05, 3.63) is 152 Å². The summed E-state index contributed by atoms with van der Waals surface area (Å²) >= 11 is 6.26. The molecule has 0 amide bonds. The molecule has 1 heterocycles. The van der Waals surface area contributed by atoms with Crippen LogP contribution in [0.5, 0.6) is 28.7 Å². The van der Waals surface area contributed by atoms with Crippen LogP contribution >= 0.6 is 34.8 Å². The van der Waals surface area contributed by atoms with Gasteiger partial charge in [-0.2, -0.15) is 4.08 Å². The molecular weight excluding hydrogens is 627 g/mol. The number of hydrogen-bond acceptors (Lipinski definition) is 9. The van der Waals surface area contributed by atoms with E-state index in [1.807, 2.05) is 78.9 Å². The molecule has 1 atom stereocenters. The third kappa shape index (κ3) is 7.34. The SMILES string of the molecule is ClOP1(Oc2ccccc2)=NP(Oc2ccccc2)(Oc2ccccc2)=NP(Oc2ccccc2)(Oc2ccccc2)=N1. The molecule has 0 spiro atoms. The Kier molecular flexibility index (Phi) is 8.90. The van der Waals surface area contributed by atoms with Crippen LogP contribution in [-0.2, 0) is 4.08 Å². The van der Waals surface area contributed by atoms with Gasteiger partial charge in [0.25, 0.3) is 0 Å². The molecule has 0 fully saturated rings. The van der Waals surface area contributed by atoms with Crippen molar-refractivity contribution in [1.29, 1.82) is 0 Å². The van der Waals surface area contributed by atoms with E-state index >= 15 is 0 Å². The molecule has 13 heteroatoms. The van der Waals surface area contributed by atoms with E-state index in [9.17, 15) is 0 Å². The molecule has 0 radical (unpaired) electrons. The van der Waals surface area contributed by atoms with E-state index in [2.05, 4.69) is 0 Å². The van der Waals surface area contributed by atoms with Crippen molar-refractivity contribution in [3.8, 4) is 28.7 Å². The lowest BCUT2D eigenvalue weighted by Crippen LogP contribution is -2.09. The number of benzene rings is 5. The molecule has 43 heavy (non-hydrogen) atoms. The molecule has 0 saturated heterocycles. The zero-order valence-corrected chi connectivity index (χ0v) is 25.9. The van der Waals surface area contributed by atoms with E-state index in [4.69, 9.17) is 52.1 Å². The minimum absolute atomic E-state index is 0.404. The summed E-state index contributed by atoms with van der Waals surface area (Å²) in [6.07, 6.45) is 0. The average molecular weight is 652 g/mol. The highest BCUT2D eigenvalue weighted by Gasteiger charge is 2.48. The molecule has 0 saturated carbocycles. The third-order valence-electron chi connectivity index (χ3n) is 5.61. The first-order valence-corrected chi connectivity index (χ1v) is 17.9. The second-order valence-corrected chi connectivity index (χ2v) is 15.4. The molecule has 9 nitrogen and oxygen atoms in total. The molecule has 0 aliphatic carbocycles. The molecule has 0 N–H and O–H groups in total. The highest BCUT2D eigenvalue weighted by atomic mass is 35.5. The van der Waals surface area contributed by atoms with Gasteiger partial charge < -0.3 is 22.6 Å². The summed E-state index contributed by atoms with van der Waals surface area (Å²) in [7, 11) is -11.5. The molecule has 5 aromatic rings. The fourth-order valence-corrected chi connectivity index (χ4v) is 13.0. The maximum Gasteiger partial charge on any atom is 0.460 e. The number of nitrogens with zero attached hydrogens (tertiary/aromatic N) is 3. The van der Waals surface area contributed by atoms with Crippen LogP contribution in [0, 0.1) is 0 Å². The zero-order valence-electron chi connectivity index (χ0n) is 22.4. The van der Waals surface area contributed by atoms with E-state index in [0.717, 1.165) is 0 Å². The van der Waals surface area contributed by atoms with Crippen molar-refractivity contribution in [1.82, 2.24) is 0 Å². The van der Waals surface area contributed by atoms with Gasteiger partial charge in [0.15, 0.2) is 0 Å². The van der Waals surface area contributed by atoms with Crippen LogP contribution in [-0.4, -0.2) is 0 Å². The minimum Gasteiger partial charge on any atom is -0.421 e. The quantitative estimate of drug-likeness (QED) is 0.132. The first kappa shape index (κ1) is 29.1. The van der Waals surface area contributed by atoms with Gasteiger partial charge in [-0.05, 0) is 60.7 Å². The van der Waals surface area contributed by atoms with Gasteiger partial charge in [0.2, 0.25) is 0 Å². The van der Waals surface area contributed by atoms with Gasteiger partial charge in [0.05, 0.1) is 11.9 Å². The van der Waals surface area contributed by atoms with Gasteiger partial charge >= 0.3 is 23.0 Å². The van der Waals surface area contributed by atoms with E-state index < -0.39 is 23.0 Å². The van der Waals surface area contributed by atoms with E-state index in [-0.39, 0.29) is 0 Å². The monoisotopic (exact) mass is 651 g/mol. The van der Waals surface area contributed by atoms with Gasteiger partial charge in [-0.25, -0.2) is 0 Å². The fourth-order valence-electron chi connectivity index (χ4n) is 3.84. The lowest BCUT2D eigenvalue weighted by molar-refractivity contribution is 0.448. The molecule has 1 unspecified atom stereocenters. The summed E-state index contributed by atoms with van der Waals surface area (Å²) in [4.78, 5) is 0. The normalized spacial score (nSPS) is 18.1. The minimum atomic E-state index is -3.86. The van der Waals surface area contributed by atoms with Gasteiger partial charge in [0.1, 0.15) is 28.7 Å². The predicted octanol–water partition coefficient (Wildman–Crippen LogP) is 11.4. The van der Waals surface area contributed by atoms with Crippen LogP contribution in [0.15, 0.2) is 165 Å². The Balaban J connectivity index is 1.64. The van der Waals surface area contributed by atoms with Gasteiger partial charge in [-0.15, -0.1) is 9.03 Å². The maximum absolute atomic E-state index is 6.54. The molecular formula is C30H25ClN3O6P3. The molecule has 5 aromatic carbocycles. The van der Waals surface area contributed by atoms with Crippen molar-refractivity contribution in [2.24, 2.45) is 13.5 Å². The molecule has 218 valence electrons. The Morgan fingerprint density at radius 1 is 0.326 bits per heavy atom. The maximum atomic E-state index is 6.54. The topological polar surface area (TPSA) is 92.5 Å². The van der Waals surface area contributed by atoms with Crippen LogP contribution < -0.4 is 22.6 Å². The van der Waals surface area contributed by atoms with Gasteiger partial charge in [0, 0.05) is 0 Å². The van der Waals surface area contributed by atoms with Crippen LogP contribution in [0.1, 0.15) is 0 Å². The summed E-state index contributed by atoms with van der Waals surface area (Å²) in [5.41, 5.74) is 0. The Hall–Kier alpha value is -3.96. The molecule has 6 rings (SSSR count). The second kappa shape index (κ2) is 13.1. The highest BCUT2D eigenvalue weighted by Crippen LogP contribution is 2.79. The average Bonchev–Trinajstić information content (AvgIpc) is 3.03. The van der Waals surface area contributed by atoms with Crippen molar-refractivity contribution in [3.63, 3.8) is 0 Å². The fraction of sp³-hybridized carbons (Fsp3) is 0. The van der Waals surface area contributed by atoms with Crippen LogP contribution in [0.2, 0.25) is 0 Å². The van der Waals surface area contributed by atoms with Crippen LogP contribution in [0.4, 0.5) is 0 Å². The Morgan fingerprint density at radius 2 is 0.535 bits per heavy atom. The number of hydrogen-bond donors (Lipinski definition) is 0. The number of para-hydroxylation sites is 5. The second-order valence-electron chi connectivity index (χ2n) is 8.83. The Bertz CT molecular complexity index is 1640. The first-order chi connectivity index (χ1) is 21.1. The van der Waals surface area contributed by atoms with Crippen LogP contribution in [0.25, 0.3) is 0 Å². The zero-order chi connectivity index (χ0) is 29.4. The van der Waals surface area contributed by atoms with E-state index in [1.54, 1.807) is 72.8 Å². The standard InChI is InChI=1S/C30H25ClN3O6P3/c31-40-43(39-30-24-14-5-15-25-30)33-41(35-26-16-6-1-7-17-26,36-27-18-8-2-9-19-27)32-42(34-43,37-28-20-10-3-11-21-28)38-29-22-12-4-13-23-29/h1-25H. The Morgan fingerprint density at radius 3 is 0.791 bits per heavy atom. The summed E-state index contributed by atoms with van der Waals surface area (Å²) in [6.45, 7) is 0. The summed E-state index contributed by atoms with van der Waals surface area (Å²) in [5, 5.41) is 0. The lowest BCUT2D eigenvalue weighted by Gasteiger charge is -2.32. The summed E-state index contributed by atoms with van der Waals surface area (Å²) in [5.74, 6) is 2.15.